The Kier molecular flexibility index (Phi) is 4.17. The van der Waals surface area contributed by atoms with E-state index in [9.17, 15) is 4.79 Å². The topological polar surface area (TPSA) is 42.4 Å². The normalized spacial score (nSPS) is 17.3. The standard InChI is InChI=1S/C19H18N2O2S/c22-18(21-11-3-7-15(21)17-9-4-12-24-17)13-23-16-8-1-5-14-6-2-10-20-19(14)16/h1-2,4-6,8-10,12,15H,3,7,11,13H2/t15-/m0/s1. The van der Waals surface area contributed by atoms with Crippen molar-refractivity contribution in [1.82, 2.24) is 9.88 Å². The number of nitrogens with zero attached hydrogens (tertiary/aromatic N) is 2. The summed E-state index contributed by atoms with van der Waals surface area (Å²) in [5.41, 5.74) is 0.795. The molecule has 122 valence electrons. The van der Waals surface area contributed by atoms with Crippen molar-refractivity contribution < 1.29 is 9.53 Å². The third-order valence-corrected chi connectivity index (χ3v) is 5.37. The van der Waals surface area contributed by atoms with E-state index in [0.717, 1.165) is 30.3 Å². The van der Waals surface area contributed by atoms with Gasteiger partial charge in [0.2, 0.25) is 0 Å². The second-order valence-electron chi connectivity index (χ2n) is 5.88. The molecule has 1 aliphatic rings. The van der Waals surface area contributed by atoms with Crippen LogP contribution < -0.4 is 4.74 Å². The molecular formula is C19H18N2O2S. The monoisotopic (exact) mass is 338 g/mol. The molecule has 1 atom stereocenters. The molecule has 0 radical (unpaired) electrons. The Hall–Kier alpha value is -2.40. The van der Waals surface area contributed by atoms with E-state index >= 15 is 0 Å². The predicted molar refractivity (Wildman–Crippen MR) is 95.2 cm³/mol. The van der Waals surface area contributed by atoms with Crippen molar-refractivity contribution in [2.24, 2.45) is 0 Å². The molecule has 1 fully saturated rings. The minimum absolute atomic E-state index is 0.0406. The Morgan fingerprint density at radius 3 is 3.04 bits per heavy atom. The largest absolute Gasteiger partial charge is 0.481 e. The molecule has 1 aromatic carbocycles. The number of hydrogen-bond donors (Lipinski definition) is 0. The van der Waals surface area contributed by atoms with Crippen LogP contribution in [0.1, 0.15) is 23.8 Å². The van der Waals surface area contributed by atoms with Crippen LogP contribution in [-0.4, -0.2) is 28.9 Å². The van der Waals surface area contributed by atoms with Crippen molar-refractivity contribution in [2.45, 2.75) is 18.9 Å². The Morgan fingerprint density at radius 2 is 2.17 bits per heavy atom. The van der Waals surface area contributed by atoms with Crippen LogP contribution >= 0.6 is 11.3 Å². The average molecular weight is 338 g/mol. The van der Waals surface area contributed by atoms with E-state index in [1.807, 2.05) is 41.3 Å². The first-order valence-electron chi connectivity index (χ1n) is 8.12. The lowest BCUT2D eigenvalue weighted by molar-refractivity contribution is -0.134. The molecule has 0 aliphatic carbocycles. The highest BCUT2D eigenvalue weighted by Crippen LogP contribution is 2.34. The molecule has 0 saturated carbocycles. The summed E-state index contributed by atoms with van der Waals surface area (Å²) in [6.45, 7) is 0.857. The number of carbonyl (C=O) groups is 1. The molecule has 1 aliphatic heterocycles. The zero-order valence-corrected chi connectivity index (χ0v) is 14.0. The molecule has 0 N–H and O–H groups in total. The van der Waals surface area contributed by atoms with Crippen LogP contribution in [0.4, 0.5) is 0 Å². The van der Waals surface area contributed by atoms with Crippen LogP contribution in [0.2, 0.25) is 0 Å². The number of benzene rings is 1. The lowest BCUT2D eigenvalue weighted by atomic mass is 10.2. The number of para-hydroxylation sites is 1. The third-order valence-electron chi connectivity index (χ3n) is 4.39. The highest BCUT2D eigenvalue weighted by Gasteiger charge is 2.30. The fourth-order valence-electron chi connectivity index (χ4n) is 3.26. The van der Waals surface area contributed by atoms with Gasteiger partial charge < -0.3 is 9.64 Å². The summed E-state index contributed by atoms with van der Waals surface area (Å²) >= 11 is 1.71. The van der Waals surface area contributed by atoms with Gasteiger partial charge in [-0.25, -0.2) is 0 Å². The van der Waals surface area contributed by atoms with Gasteiger partial charge in [0.1, 0.15) is 11.3 Å². The zero-order valence-electron chi connectivity index (χ0n) is 13.2. The molecule has 24 heavy (non-hydrogen) atoms. The zero-order chi connectivity index (χ0) is 16.4. The number of thiophene rings is 1. The van der Waals surface area contributed by atoms with Crippen molar-refractivity contribution in [2.75, 3.05) is 13.2 Å². The summed E-state index contributed by atoms with van der Waals surface area (Å²) in [4.78, 5) is 20.2. The molecule has 3 heterocycles. The van der Waals surface area contributed by atoms with E-state index in [-0.39, 0.29) is 18.6 Å². The summed E-state index contributed by atoms with van der Waals surface area (Å²) in [5, 5.41) is 3.08. The van der Waals surface area contributed by atoms with E-state index in [0.29, 0.717) is 5.75 Å². The first-order valence-corrected chi connectivity index (χ1v) is 9.00. The van der Waals surface area contributed by atoms with E-state index in [4.69, 9.17) is 4.74 Å². The number of amides is 1. The smallest absolute Gasteiger partial charge is 0.261 e. The summed E-state index contributed by atoms with van der Waals surface area (Å²) in [6.07, 6.45) is 3.82. The van der Waals surface area contributed by atoms with Crippen LogP contribution in [0.15, 0.2) is 54.0 Å². The van der Waals surface area contributed by atoms with Crippen LogP contribution in [0.3, 0.4) is 0 Å². The van der Waals surface area contributed by atoms with Crippen LogP contribution in [0, 0.1) is 0 Å². The summed E-state index contributed by atoms with van der Waals surface area (Å²) in [7, 11) is 0. The molecular weight excluding hydrogens is 320 g/mol. The van der Waals surface area contributed by atoms with Crippen molar-refractivity contribution in [1.29, 1.82) is 0 Å². The van der Waals surface area contributed by atoms with Crippen molar-refractivity contribution in [3.8, 4) is 5.75 Å². The Morgan fingerprint density at radius 1 is 1.25 bits per heavy atom. The van der Waals surface area contributed by atoms with E-state index in [1.54, 1.807) is 17.5 Å². The van der Waals surface area contributed by atoms with Gasteiger partial charge in [-0.05, 0) is 36.4 Å². The van der Waals surface area contributed by atoms with Crippen LogP contribution in [0.5, 0.6) is 5.75 Å². The molecule has 5 heteroatoms. The lowest BCUT2D eigenvalue weighted by Crippen LogP contribution is -2.34. The van der Waals surface area contributed by atoms with Gasteiger partial charge in [0, 0.05) is 23.0 Å². The number of ether oxygens (including phenoxy) is 1. The summed E-state index contributed by atoms with van der Waals surface area (Å²) in [5.74, 6) is 0.701. The minimum Gasteiger partial charge on any atom is -0.481 e. The van der Waals surface area contributed by atoms with Gasteiger partial charge in [0.15, 0.2) is 6.61 Å². The second-order valence-corrected chi connectivity index (χ2v) is 6.86. The quantitative estimate of drug-likeness (QED) is 0.721. The molecule has 4 rings (SSSR count). The number of aromatic nitrogens is 1. The summed E-state index contributed by atoms with van der Waals surface area (Å²) in [6, 6.07) is 14.0. The van der Waals surface area contributed by atoms with Gasteiger partial charge in [-0.1, -0.05) is 24.3 Å². The molecule has 4 nitrogen and oxygen atoms in total. The summed E-state index contributed by atoms with van der Waals surface area (Å²) < 4.78 is 5.81. The third kappa shape index (κ3) is 2.87. The second kappa shape index (κ2) is 6.61. The molecule has 1 saturated heterocycles. The fraction of sp³-hybridized carbons (Fsp3) is 0.263. The van der Waals surface area contributed by atoms with E-state index < -0.39 is 0 Å². The van der Waals surface area contributed by atoms with Gasteiger partial charge in [-0.2, -0.15) is 0 Å². The number of rotatable bonds is 4. The van der Waals surface area contributed by atoms with Gasteiger partial charge >= 0.3 is 0 Å². The number of pyridine rings is 1. The van der Waals surface area contributed by atoms with Crippen molar-refractivity contribution in [3.05, 3.63) is 58.9 Å². The minimum atomic E-state index is 0.0406. The number of fused-ring (bicyclic) bond motifs is 1. The number of likely N-dealkylation sites (tertiary alicyclic amines) is 1. The lowest BCUT2D eigenvalue weighted by Gasteiger charge is -2.24. The van der Waals surface area contributed by atoms with Gasteiger partial charge in [-0.3, -0.25) is 9.78 Å². The first kappa shape index (κ1) is 15.1. The van der Waals surface area contributed by atoms with Gasteiger partial charge in [0.25, 0.3) is 5.91 Å². The number of carbonyl (C=O) groups excluding carboxylic acids is 1. The fourth-order valence-corrected chi connectivity index (χ4v) is 4.13. The van der Waals surface area contributed by atoms with Crippen LogP contribution in [-0.2, 0) is 4.79 Å². The highest BCUT2D eigenvalue weighted by molar-refractivity contribution is 7.10. The Balaban J connectivity index is 1.48. The maximum atomic E-state index is 12.6. The predicted octanol–water partition coefficient (Wildman–Crippen LogP) is 4.04. The maximum absolute atomic E-state index is 12.6. The first-order chi connectivity index (χ1) is 11.8. The Bertz CT molecular complexity index is 842. The molecule has 1 amide bonds. The van der Waals surface area contributed by atoms with E-state index in [1.165, 1.54) is 4.88 Å². The van der Waals surface area contributed by atoms with E-state index in [2.05, 4.69) is 16.4 Å². The highest BCUT2D eigenvalue weighted by atomic mass is 32.1. The van der Waals surface area contributed by atoms with Crippen LogP contribution in [0.25, 0.3) is 10.9 Å². The molecule has 0 bridgehead atoms. The van der Waals surface area contributed by atoms with Crippen molar-refractivity contribution >= 4 is 28.1 Å². The average Bonchev–Trinajstić information content (AvgIpc) is 3.30. The molecule has 0 unspecified atom stereocenters. The van der Waals surface area contributed by atoms with Gasteiger partial charge in [-0.15, -0.1) is 11.3 Å². The molecule has 2 aromatic heterocycles. The Labute approximate surface area is 144 Å². The van der Waals surface area contributed by atoms with Crippen molar-refractivity contribution in [3.63, 3.8) is 0 Å². The van der Waals surface area contributed by atoms with Gasteiger partial charge in [0.05, 0.1) is 6.04 Å². The maximum Gasteiger partial charge on any atom is 0.261 e. The number of hydrogen-bond acceptors (Lipinski definition) is 4. The SMILES string of the molecule is O=C(COc1cccc2cccnc12)N1CCC[C@H]1c1cccs1. The molecule has 0 spiro atoms. The molecule has 3 aromatic rings.